The van der Waals surface area contributed by atoms with Gasteiger partial charge in [-0.15, -0.1) is 0 Å². The Kier molecular flexibility index (Phi) is 40.9. The van der Waals surface area contributed by atoms with Crippen molar-refractivity contribution < 1.29 is 124 Å². The molecule has 1 aliphatic carbocycles. The summed E-state index contributed by atoms with van der Waals surface area (Å²) in [5, 5.41) is 133. The Balaban J connectivity index is 0.000000228. The summed E-state index contributed by atoms with van der Waals surface area (Å²) in [6, 6.07) is 33.5. The van der Waals surface area contributed by atoms with E-state index >= 15 is 0 Å². The molecule has 39 nitrogen and oxygen atoms in total. The summed E-state index contributed by atoms with van der Waals surface area (Å²) in [4.78, 5) is 56.3. The monoisotopic (exact) mass is 1730 g/mol. The highest BCUT2D eigenvalue weighted by Crippen LogP contribution is 2.35. The molecule has 1 aromatic carbocycles. The third-order valence-corrected chi connectivity index (χ3v) is 22.0. The number of amides is 1. The molecule has 24 N–H and O–H groups in total. The van der Waals surface area contributed by atoms with Gasteiger partial charge in [0.1, 0.15) is 42.7 Å². The fourth-order valence-corrected chi connectivity index (χ4v) is 15.3. The molecule has 5 aromatic heterocycles. The SMILES string of the molecule is NC1C[C@H](O[C@@H]2CC(CO)[C@@H](O)[C@H](O)C2N)C(CO)O[C@H]1O[C@H]1CC(N)[C@H](O)OC1CO.N[C@H]1[C@H](O[C@H]2C[C@@H](NC(=O)CN(CCN(Cc3ccccn3)Cc3ccccn3)Cc3ccccn3)[C@H](O[C@H]3C[C@@H](N)[C@H](O)O[C@@H]3CO)O[C@@H]2CO)O[C@H](CO)[C@@H](O)[C@@H]1O.O=C(O)CN(CCN(Cc1ccccn1)Cc1ccccn1)Cc1ccccc1.[2H]CF. The molecule has 0 radical (unpaired) electrons. The van der Waals surface area contributed by atoms with E-state index in [0.717, 1.165) is 34.0 Å². The lowest BCUT2D eigenvalue weighted by Gasteiger charge is -2.47. The van der Waals surface area contributed by atoms with Crippen LogP contribution in [0.5, 0.6) is 0 Å². The molecule has 5 aliphatic heterocycles. The van der Waals surface area contributed by atoms with Gasteiger partial charge in [0.2, 0.25) is 5.91 Å². The van der Waals surface area contributed by atoms with Gasteiger partial charge in [-0.25, -0.2) is 0 Å². The Morgan fingerprint density at radius 2 is 0.780 bits per heavy atom. The minimum atomic E-state index is -1.50. The smallest absolute Gasteiger partial charge is 0.317 e. The zero-order chi connectivity index (χ0) is 89.2. The van der Waals surface area contributed by atoms with E-state index in [0.29, 0.717) is 65.4 Å². The molecule has 1 saturated carbocycles. The van der Waals surface area contributed by atoms with Crippen molar-refractivity contribution in [1.29, 1.82) is 0 Å². The van der Waals surface area contributed by atoms with E-state index in [-0.39, 0.29) is 51.8 Å². The number of benzene rings is 1. The zero-order valence-corrected chi connectivity index (χ0v) is 68.5. The molecule has 6 aromatic rings. The maximum absolute atomic E-state index is 14.2. The molecule has 123 heavy (non-hydrogen) atoms. The van der Waals surface area contributed by atoms with Crippen molar-refractivity contribution >= 4 is 11.9 Å². The average Bonchev–Trinajstić information content (AvgIpc) is 0.795. The number of carboxylic acids is 1. The Morgan fingerprint density at radius 1 is 0.415 bits per heavy atom. The number of nitrogens with two attached hydrogens (primary N) is 5. The van der Waals surface area contributed by atoms with Gasteiger partial charge in [-0.2, -0.15) is 0 Å². The number of carbonyl (C=O) groups is 2. The number of carboxylic acid groups (broad SMARTS) is 1. The van der Waals surface area contributed by atoms with Gasteiger partial charge in [0, 0.05) is 115 Å². The largest absolute Gasteiger partial charge is 0.480 e. The van der Waals surface area contributed by atoms with Crippen LogP contribution in [0.15, 0.2) is 152 Å². The van der Waals surface area contributed by atoms with E-state index < -0.39 is 211 Å². The van der Waals surface area contributed by atoms with Crippen LogP contribution in [0.3, 0.4) is 0 Å². The number of rotatable bonds is 37. The molecule has 40 heteroatoms. The fourth-order valence-electron chi connectivity index (χ4n) is 15.3. The van der Waals surface area contributed by atoms with Gasteiger partial charge >= 0.3 is 5.97 Å². The Labute approximate surface area is 714 Å². The molecule has 5 saturated heterocycles. The molecule has 10 heterocycles. The van der Waals surface area contributed by atoms with Crippen molar-refractivity contribution in [1.82, 2.24) is 49.8 Å². The number of halogens is 1. The number of hydrogen-bond donors (Lipinski definition) is 19. The van der Waals surface area contributed by atoms with Gasteiger partial charge in [0.15, 0.2) is 31.5 Å². The highest BCUT2D eigenvalue weighted by molar-refractivity contribution is 5.78. The van der Waals surface area contributed by atoms with Gasteiger partial charge in [-0.3, -0.25) is 58.5 Å². The maximum atomic E-state index is 14.2. The predicted octanol–water partition coefficient (Wildman–Crippen LogP) is -4.37. The highest BCUT2D eigenvalue weighted by atomic mass is 19.1. The molecule has 6 fully saturated rings. The molecule has 0 bridgehead atoms. The minimum absolute atomic E-state index is 0.00983. The minimum Gasteiger partial charge on any atom is -0.480 e. The quantitative estimate of drug-likeness (QED) is 0.0175. The van der Waals surface area contributed by atoms with Crippen LogP contribution in [0, 0.1) is 5.92 Å². The van der Waals surface area contributed by atoms with Crippen molar-refractivity contribution in [3.05, 3.63) is 186 Å². The lowest BCUT2D eigenvalue weighted by molar-refractivity contribution is -0.326. The second kappa shape index (κ2) is 51.4. The van der Waals surface area contributed by atoms with E-state index in [1.165, 1.54) is 0 Å². The molecule has 1 amide bonds. The average molecular weight is 1740 g/mol. The van der Waals surface area contributed by atoms with Crippen molar-refractivity contribution in [2.24, 2.45) is 34.6 Å². The Bertz CT molecular complexity index is 3850. The third kappa shape index (κ3) is 30.4. The number of aliphatic carboxylic acids is 1. The van der Waals surface area contributed by atoms with Gasteiger partial charge in [-0.05, 0) is 91.9 Å². The summed E-state index contributed by atoms with van der Waals surface area (Å²) in [6.45, 7) is 2.79. The van der Waals surface area contributed by atoms with Crippen molar-refractivity contribution in [2.75, 3.05) is 86.1 Å². The number of hydrogen-bond acceptors (Lipinski definition) is 37. The third-order valence-electron chi connectivity index (χ3n) is 22.0. The summed E-state index contributed by atoms with van der Waals surface area (Å²) in [7, 11) is -1.00. The first-order valence-electron chi connectivity index (χ1n) is 41.8. The summed E-state index contributed by atoms with van der Waals surface area (Å²) >= 11 is 0. The molecule has 6 unspecified atom stereocenters. The van der Waals surface area contributed by atoms with Gasteiger partial charge in [-0.1, -0.05) is 60.7 Å². The zero-order valence-electron chi connectivity index (χ0n) is 69.5. The first kappa shape index (κ1) is 97.8. The molecule has 12 rings (SSSR count). The van der Waals surface area contributed by atoms with E-state index in [1.54, 1.807) is 31.0 Å². The van der Waals surface area contributed by atoms with Gasteiger partial charge < -0.3 is 143 Å². The molecule has 0 spiro atoms. The van der Waals surface area contributed by atoms with Crippen molar-refractivity contribution in [2.45, 2.75) is 225 Å². The normalized spacial score (nSPS) is 31.6. The molecule has 682 valence electrons. The van der Waals surface area contributed by atoms with Crippen molar-refractivity contribution in [3.63, 3.8) is 0 Å². The summed E-state index contributed by atoms with van der Waals surface area (Å²) in [5.74, 6) is -1.83. The van der Waals surface area contributed by atoms with Crippen LogP contribution >= 0.6 is 0 Å². The van der Waals surface area contributed by atoms with Crippen LogP contribution in [0.4, 0.5) is 4.39 Å². The fraction of sp³-hybridized carbons (Fsp3) is 0.602. The van der Waals surface area contributed by atoms with Gasteiger partial charge in [0.25, 0.3) is 0 Å². The van der Waals surface area contributed by atoms with E-state index in [4.69, 9.17) is 72.7 Å². The number of aromatic nitrogens is 5. The van der Waals surface area contributed by atoms with Crippen LogP contribution in [0.1, 0.15) is 67.5 Å². The number of alkyl halides is 1. The number of pyridine rings is 5. The number of nitrogens with zero attached hydrogens (tertiary/aromatic N) is 9. The molecular formula is C83H124FN15O24. The first-order chi connectivity index (χ1) is 59.8. The first-order valence-corrected chi connectivity index (χ1v) is 41.0. The number of aliphatic hydroxyl groups is 12. The highest BCUT2D eigenvalue weighted by Gasteiger charge is 2.51. The van der Waals surface area contributed by atoms with E-state index in [9.17, 15) is 80.4 Å². The number of nitrogens with one attached hydrogen (secondary N) is 1. The topological polar surface area (TPSA) is 600 Å². The van der Waals surface area contributed by atoms with Crippen LogP contribution in [-0.4, -0.2) is 362 Å². The summed E-state index contributed by atoms with van der Waals surface area (Å²) < 4.78 is 68.5. The summed E-state index contributed by atoms with van der Waals surface area (Å²) in [6.07, 6.45) is -10.8. The number of carbonyl (C=O) groups excluding carboxylic acids is 1. The summed E-state index contributed by atoms with van der Waals surface area (Å²) in [5.41, 5.74) is 35.9. The lowest BCUT2D eigenvalue weighted by Crippen LogP contribution is -2.65. The lowest BCUT2D eigenvalue weighted by atomic mass is 9.80. The predicted molar refractivity (Wildman–Crippen MR) is 437 cm³/mol. The second-order valence-corrected chi connectivity index (χ2v) is 31.1. The second-order valence-electron chi connectivity index (χ2n) is 31.1. The van der Waals surface area contributed by atoms with Crippen LogP contribution in [-0.2, 0) is 91.5 Å². The number of aliphatic hydroxyl groups excluding tert-OH is 12. The standard InChI is InChI=1S/C40H58N8O12.C23H26N4O2.C19H37N3O10.CH3F/c41-27-15-29(31(21-49)56-38(27)55)57-39-28(16-30(32(22-50)59-39)58-40-35(42)37(54)36(53)33(23-51)60-40)46-34(52)20-48(19-26-9-3-6-12-45-26)14-13-47(17-24-7-1-4-10-43-24)18-25-8-2-5-11-44-25;28-23(29)19-26(16-20-8-2-1-3-9-20)14-15-27(17-21-10-4-6-12-24-21)18-22-11-5-7-13-25-22;20-8-2-11(13(5-24)30-18(8)28)31-19-9(21)3-10(14(6-25)32-19)29-12-1-7(4-23)16(26)17(27)15(12)22;1-2/h1-12,27-33,35-40,49-51,53-55H,13-23,41-42H2,(H,46,52);1-13H,14-19H2,(H,28,29);7-19,23-28H,1-6,20-22H2;1H3/t27-,28-,29+,30+,31-,32-,33-,35-,36-,37-,38-,39-,40-;;7?,8?,9?,10-,11-,12+,13?,14?,15?,16+,17+,18+,19+;/m1.0./s1/i;;;1D. The van der Waals surface area contributed by atoms with Crippen LogP contribution in [0.2, 0.25) is 0 Å². The molecular weight excluding hydrogens is 1610 g/mol. The van der Waals surface area contributed by atoms with Crippen molar-refractivity contribution in [3.8, 4) is 0 Å². The Hall–Kier alpha value is -7.36. The van der Waals surface area contributed by atoms with Crippen LogP contribution < -0.4 is 34.0 Å². The van der Waals surface area contributed by atoms with Gasteiger partial charge in [0.05, 0.1) is 162 Å². The molecule has 26 atom stereocenters. The van der Waals surface area contributed by atoms with E-state index in [1.807, 2.05) is 131 Å². The number of ether oxygens (including phenoxy) is 9. The van der Waals surface area contributed by atoms with Crippen LogP contribution in [0.25, 0.3) is 0 Å². The van der Waals surface area contributed by atoms with E-state index in [2.05, 4.69) is 40.0 Å². The maximum Gasteiger partial charge on any atom is 0.317 e. The molecule has 6 aliphatic rings. The Morgan fingerprint density at radius 3 is 1.21 bits per heavy atom.